The highest BCUT2D eigenvalue weighted by molar-refractivity contribution is 7.25. The highest BCUT2D eigenvalue weighted by atomic mass is 32.1. The van der Waals surface area contributed by atoms with Crippen molar-refractivity contribution in [2.75, 3.05) is 0 Å². The predicted octanol–water partition coefficient (Wildman–Crippen LogP) is 12.5. The molecule has 52 heavy (non-hydrogen) atoms. The number of aromatic nitrogens is 4. The molecule has 0 aliphatic rings. The van der Waals surface area contributed by atoms with Gasteiger partial charge in [-0.1, -0.05) is 96.6 Å². The van der Waals surface area contributed by atoms with Gasteiger partial charge in [0.25, 0.3) is 0 Å². The van der Waals surface area contributed by atoms with Crippen LogP contribution in [0.5, 0.6) is 0 Å². The van der Waals surface area contributed by atoms with Gasteiger partial charge < -0.3 is 8.98 Å². The molecular weight excluding hydrogens is 657 g/mol. The van der Waals surface area contributed by atoms with E-state index in [9.17, 15) is 0 Å². The summed E-state index contributed by atoms with van der Waals surface area (Å²) in [4.78, 5) is 15.4. The van der Waals surface area contributed by atoms with Gasteiger partial charge in [0.2, 0.25) is 0 Å². The summed E-state index contributed by atoms with van der Waals surface area (Å²) in [6.07, 6.45) is 0. The van der Waals surface area contributed by atoms with Crippen molar-refractivity contribution < 1.29 is 8.53 Å². The maximum atomic E-state index is 7.90. The Hall–Kier alpha value is -6.63. The van der Waals surface area contributed by atoms with E-state index in [0.717, 1.165) is 66.1 Å². The lowest BCUT2D eigenvalue weighted by Gasteiger charge is -2.11. The van der Waals surface area contributed by atoms with Crippen molar-refractivity contribution in [2.45, 2.75) is 6.85 Å². The third kappa shape index (κ3) is 4.51. The lowest BCUT2D eigenvalue weighted by molar-refractivity contribution is 0.669. The molecular formula is C46H28N4OS. The van der Waals surface area contributed by atoms with E-state index in [2.05, 4.69) is 89.5 Å². The standard InChI is InChI=1S/C46H28N4OS/c1-27-14-19-31(20-15-27)50-38-11-5-2-8-32(38)33-21-16-29(25-39(33)50)45-47-44(28-18-23-41-37(24-28)34-9-3-6-12-40(34)51-41)48-46(49-45)30-17-22-36-35-10-4-7-13-42(35)52-43(36)26-30/h2-26H,1H3/i1D3. The zero-order chi connectivity index (χ0) is 36.8. The SMILES string of the molecule is [2H]C([2H])([2H])c1ccc(-n2c3ccccc3c3ccc(-c4nc(-c5ccc6c(c5)sc5ccccc56)nc(-c5ccc6oc7ccccc7c6c5)n4)cc32)cc1. The topological polar surface area (TPSA) is 56.7 Å². The second-order valence-electron chi connectivity index (χ2n) is 13.1. The van der Waals surface area contributed by atoms with Crippen LogP contribution in [0.15, 0.2) is 156 Å². The summed E-state index contributed by atoms with van der Waals surface area (Å²) < 4.78 is 34.4. The second-order valence-corrected chi connectivity index (χ2v) is 14.1. The molecule has 6 heteroatoms. The Kier molecular flexibility index (Phi) is 5.64. The predicted molar refractivity (Wildman–Crippen MR) is 215 cm³/mol. The van der Waals surface area contributed by atoms with Crippen molar-refractivity contribution in [3.63, 3.8) is 0 Å². The minimum Gasteiger partial charge on any atom is -0.456 e. The molecule has 4 aromatic heterocycles. The van der Waals surface area contributed by atoms with Crippen molar-refractivity contribution in [3.8, 4) is 39.9 Å². The Morgan fingerprint density at radius 2 is 1.08 bits per heavy atom. The fourth-order valence-corrected chi connectivity index (χ4v) is 8.64. The maximum absolute atomic E-state index is 7.90. The van der Waals surface area contributed by atoms with Gasteiger partial charge in [-0.15, -0.1) is 11.3 Å². The van der Waals surface area contributed by atoms with Crippen molar-refractivity contribution in [1.29, 1.82) is 0 Å². The van der Waals surface area contributed by atoms with Gasteiger partial charge >= 0.3 is 0 Å². The van der Waals surface area contributed by atoms with Gasteiger partial charge in [0.05, 0.1) is 11.0 Å². The molecule has 0 spiro atoms. The van der Waals surface area contributed by atoms with E-state index in [-0.39, 0.29) is 0 Å². The number of rotatable bonds is 4. The summed E-state index contributed by atoms with van der Waals surface area (Å²) in [5.74, 6) is 1.69. The van der Waals surface area contributed by atoms with Crippen LogP contribution in [0.1, 0.15) is 9.68 Å². The van der Waals surface area contributed by atoms with Gasteiger partial charge in [0.1, 0.15) is 11.2 Å². The zero-order valence-electron chi connectivity index (χ0n) is 30.5. The minimum atomic E-state index is -2.18. The molecule has 0 radical (unpaired) electrons. The molecule has 4 heterocycles. The number of fused-ring (bicyclic) bond motifs is 9. The summed E-state index contributed by atoms with van der Waals surface area (Å²) in [7, 11) is 0. The fraction of sp³-hybridized carbons (Fsp3) is 0.0217. The van der Waals surface area contributed by atoms with Crippen LogP contribution in [0.2, 0.25) is 0 Å². The van der Waals surface area contributed by atoms with Crippen LogP contribution in [-0.2, 0) is 0 Å². The summed E-state index contributed by atoms with van der Waals surface area (Å²) >= 11 is 1.76. The lowest BCUT2D eigenvalue weighted by Crippen LogP contribution is -2.00. The number of hydrogen-bond donors (Lipinski definition) is 0. The summed E-state index contributed by atoms with van der Waals surface area (Å²) in [5.41, 5.74) is 7.38. The molecule has 0 fully saturated rings. The average molecular weight is 688 g/mol. The van der Waals surface area contributed by atoms with E-state index < -0.39 is 6.85 Å². The summed E-state index contributed by atoms with van der Waals surface area (Å²) in [6, 6.07) is 50.8. The van der Waals surface area contributed by atoms with E-state index in [1.807, 2.05) is 54.6 Å². The lowest BCUT2D eigenvalue weighted by atomic mass is 10.1. The Labute approximate surface area is 306 Å². The molecule has 11 rings (SSSR count). The van der Waals surface area contributed by atoms with Crippen LogP contribution in [0, 0.1) is 6.85 Å². The van der Waals surface area contributed by atoms with E-state index in [4.69, 9.17) is 23.5 Å². The highest BCUT2D eigenvalue weighted by Crippen LogP contribution is 2.38. The van der Waals surface area contributed by atoms with Crippen molar-refractivity contribution in [3.05, 3.63) is 157 Å². The largest absolute Gasteiger partial charge is 0.456 e. The molecule has 244 valence electrons. The maximum Gasteiger partial charge on any atom is 0.164 e. The van der Waals surface area contributed by atoms with Gasteiger partial charge in [-0.25, -0.2) is 15.0 Å². The molecule has 0 saturated carbocycles. The van der Waals surface area contributed by atoms with Crippen LogP contribution in [0.4, 0.5) is 0 Å². The second kappa shape index (κ2) is 11.2. The number of thiophene rings is 1. The monoisotopic (exact) mass is 687 g/mol. The highest BCUT2D eigenvalue weighted by Gasteiger charge is 2.18. The minimum absolute atomic E-state index is 0.304. The number of para-hydroxylation sites is 2. The number of aryl methyl sites for hydroxylation is 1. The van der Waals surface area contributed by atoms with Crippen LogP contribution >= 0.6 is 11.3 Å². The van der Waals surface area contributed by atoms with Gasteiger partial charge in [0.15, 0.2) is 17.5 Å². The number of benzene rings is 7. The van der Waals surface area contributed by atoms with Gasteiger partial charge in [0, 0.05) is 68.2 Å². The van der Waals surface area contributed by atoms with Gasteiger partial charge in [-0.3, -0.25) is 0 Å². The first-order chi connectivity index (χ1) is 26.9. The Balaban J connectivity index is 1.13. The number of hydrogen-bond acceptors (Lipinski definition) is 5. The summed E-state index contributed by atoms with van der Waals surface area (Å²) in [6.45, 7) is -2.18. The normalized spacial score (nSPS) is 13.0. The van der Waals surface area contributed by atoms with Crippen LogP contribution < -0.4 is 0 Å². The first-order valence-corrected chi connectivity index (χ1v) is 17.9. The molecule has 0 saturated heterocycles. The van der Waals surface area contributed by atoms with Gasteiger partial charge in [-0.05, 0) is 67.5 Å². The molecule has 5 nitrogen and oxygen atoms in total. The van der Waals surface area contributed by atoms with Crippen molar-refractivity contribution in [2.24, 2.45) is 0 Å². The van der Waals surface area contributed by atoms with Crippen LogP contribution in [-0.4, -0.2) is 19.5 Å². The molecule has 0 bridgehead atoms. The average Bonchev–Trinajstić information content (AvgIpc) is 3.89. The Morgan fingerprint density at radius 3 is 1.88 bits per heavy atom. The van der Waals surface area contributed by atoms with E-state index in [1.165, 1.54) is 20.2 Å². The van der Waals surface area contributed by atoms with E-state index in [1.54, 1.807) is 23.5 Å². The third-order valence-electron chi connectivity index (χ3n) is 9.96. The molecule has 0 unspecified atom stereocenters. The molecule has 0 N–H and O–H groups in total. The van der Waals surface area contributed by atoms with Crippen molar-refractivity contribution >= 4 is 75.3 Å². The zero-order valence-corrected chi connectivity index (χ0v) is 28.4. The first kappa shape index (κ1) is 26.2. The first-order valence-electron chi connectivity index (χ1n) is 18.6. The van der Waals surface area contributed by atoms with Crippen LogP contribution in [0.3, 0.4) is 0 Å². The number of furan rings is 1. The molecule has 0 aliphatic carbocycles. The molecule has 0 atom stereocenters. The molecule has 0 amide bonds. The van der Waals surface area contributed by atoms with E-state index >= 15 is 0 Å². The molecule has 7 aromatic carbocycles. The smallest absolute Gasteiger partial charge is 0.164 e. The third-order valence-corrected chi connectivity index (χ3v) is 11.1. The quantitative estimate of drug-likeness (QED) is 0.185. The van der Waals surface area contributed by atoms with Crippen LogP contribution in [0.25, 0.3) is 104 Å². The Morgan fingerprint density at radius 1 is 0.481 bits per heavy atom. The molecule has 11 aromatic rings. The Bertz CT molecular complexity index is 3320. The van der Waals surface area contributed by atoms with Gasteiger partial charge in [-0.2, -0.15) is 0 Å². The number of nitrogens with zero attached hydrogens (tertiary/aromatic N) is 4. The fourth-order valence-electron chi connectivity index (χ4n) is 7.49. The van der Waals surface area contributed by atoms with Crippen molar-refractivity contribution in [1.82, 2.24) is 19.5 Å². The van der Waals surface area contributed by atoms with E-state index in [0.29, 0.717) is 23.0 Å². The summed E-state index contributed by atoms with van der Waals surface area (Å²) in [5, 5.41) is 6.65. The molecule has 0 aliphatic heterocycles.